The molecular weight excluding hydrogens is 398 g/mol. The van der Waals surface area contributed by atoms with Gasteiger partial charge >= 0.3 is 0 Å². The highest BCUT2D eigenvalue weighted by atomic mass is 32.2. The van der Waals surface area contributed by atoms with Gasteiger partial charge in [0.15, 0.2) is 0 Å². The predicted octanol–water partition coefficient (Wildman–Crippen LogP) is 4.84. The number of ether oxygens (including phenoxy) is 1. The first kappa shape index (κ1) is 21.9. The number of thioether (sulfide) groups is 1. The molecule has 1 N–H and O–H groups in total. The van der Waals surface area contributed by atoms with Crippen molar-refractivity contribution in [1.82, 2.24) is 15.5 Å². The van der Waals surface area contributed by atoms with Gasteiger partial charge in [0.2, 0.25) is 11.8 Å². The minimum Gasteiger partial charge on any atom is -0.496 e. The Morgan fingerprint density at radius 2 is 1.83 bits per heavy atom. The van der Waals surface area contributed by atoms with E-state index < -0.39 is 0 Å². The predicted molar refractivity (Wildman–Crippen MR) is 119 cm³/mol. The molecule has 0 radical (unpaired) electrons. The van der Waals surface area contributed by atoms with Gasteiger partial charge in [-0.25, -0.2) is 0 Å². The van der Waals surface area contributed by atoms with Crippen LogP contribution in [0.25, 0.3) is 11.5 Å². The summed E-state index contributed by atoms with van der Waals surface area (Å²) in [6, 6.07) is 15.7. The lowest BCUT2D eigenvalue weighted by molar-refractivity contribution is -0.120. The Balaban J connectivity index is 1.59. The highest BCUT2D eigenvalue weighted by Gasteiger charge is 2.19. The van der Waals surface area contributed by atoms with E-state index in [9.17, 15) is 4.79 Å². The molecule has 0 aliphatic carbocycles. The SMILES string of the molecule is COc1ccccc1CNC(=O)[C@@H](C)Sc1nnc(-c2ccc(C(C)(C)C)cc2)o1. The first-order chi connectivity index (χ1) is 14.3. The first-order valence-electron chi connectivity index (χ1n) is 9.78. The Morgan fingerprint density at radius 1 is 1.13 bits per heavy atom. The highest BCUT2D eigenvalue weighted by molar-refractivity contribution is 8.00. The quantitative estimate of drug-likeness (QED) is 0.546. The number of carbonyl (C=O) groups is 1. The molecular formula is C23H27N3O3S. The molecule has 0 unspecified atom stereocenters. The van der Waals surface area contributed by atoms with Gasteiger partial charge in [-0.3, -0.25) is 4.79 Å². The number of benzene rings is 2. The van der Waals surface area contributed by atoms with Crippen molar-refractivity contribution in [3.05, 3.63) is 59.7 Å². The maximum absolute atomic E-state index is 12.5. The second-order valence-corrected chi connectivity index (χ2v) is 9.28. The summed E-state index contributed by atoms with van der Waals surface area (Å²) in [5, 5.41) is 11.1. The molecule has 158 valence electrons. The molecule has 7 heteroatoms. The summed E-state index contributed by atoms with van der Waals surface area (Å²) in [4.78, 5) is 12.5. The normalized spacial score (nSPS) is 12.4. The molecule has 1 atom stereocenters. The molecule has 30 heavy (non-hydrogen) atoms. The fourth-order valence-electron chi connectivity index (χ4n) is 2.87. The molecule has 1 heterocycles. The average Bonchev–Trinajstić information content (AvgIpc) is 3.20. The minimum absolute atomic E-state index is 0.0843. The number of nitrogens with one attached hydrogen (secondary N) is 1. The second-order valence-electron chi connectivity index (χ2n) is 7.99. The van der Waals surface area contributed by atoms with Crippen LogP contribution < -0.4 is 10.1 Å². The smallest absolute Gasteiger partial charge is 0.277 e. The number of carbonyl (C=O) groups excluding carboxylic acids is 1. The fourth-order valence-corrected chi connectivity index (χ4v) is 3.57. The van der Waals surface area contributed by atoms with E-state index in [1.165, 1.54) is 17.3 Å². The molecule has 0 spiro atoms. The van der Waals surface area contributed by atoms with E-state index in [0.29, 0.717) is 17.7 Å². The standard InChI is InChI=1S/C23H27N3O3S/c1-15(20(27)24-14-17-8-6-7-9-19(17)28-5)30-22-26-25-21(29-22)16-10-12-18(13-11-16)23(2,3)4/h6-13,15H,14H2,1-5H3,(H,24,27)/t15-/m1/s1. The molecule has 0 bridgehead atoms. The lowest BCUT2D eigenvalue weighted by Gasteiger charge is -2.18. The summed E-state index contributed by atoms with van der Waals surface area (Å²) in [6.45, 7) is 8.71. The van der Waals surface area contributed by atoms with Crippen LogP contribution >= 0.6 is 11.8 Å². The summed E-state index contributed by atoms with van der Waals surface area (Å²) in [5.74, 6) is 1.08. The number of para-hydroxylation sites is 1. The zero-order chi connectivity index (χ0) is 21.7. The molecule has 1 amide bonds. The number of aromatic nitrogens is 2. The van der Waals surface area contributed by atoms with Crippen molar-refractivity contribution in [2.45, 2.75) is 50.1 Å². The van der Waals surface area contributed by atoms with E-state index in [1.807, 2.05) is 43.3 Å². The topological polar surface area (TPSA) is 77.2 Å². The molecule has 0 saturated heterocycles. The number of nitrogens with zero attached hydrogens (tertiary/aromatic N) is 2. The van der Waals surface area contributed by atoms with Gasteiger partial charge in [-0.2, -0.15) is 0 Å². The molecule has 3 rings (SSSR count). The van der Waals surface area contributed by atoms with Gasteiger partial charge in [-0.1, -0.05) is 62.9 Å². The molecule has 1 aromatic heterocycles. The van der Waals surface area contributed by atoms with Crippen molar-refractivity contribution in [2.75, 3.05) is 7.11 Å². The van der Waals surface area contributed by atoms with Crippen molar-refractivity contribution in [3.63, 3.8) is 0 Å². The summed E-state index contributed by atoms with van der Waals surface area (Å²) in [6.07, 6.45) is 0. The van der Waals surface area contributed by atoms with Gasteiger partial charge in [-0.15, -0.1) is 10.2 Å². The summed E-state index contributed by atoms with van der Waals surface area (Å²) >= 11 is 1.24. The molecule has 2 aromatic carbocycles. The van der Waals surface area contributed by atoms with Crippen molar-refractivity contribution >= 4 is 17.7 Å². The van der Waals surface area contributed by atoms with E-state index >= 15 is 0 Å². The van der Waals surface area contributed by atoms with E-state index in [0.717, 1.165) is 16.9 Å². The average molecular weight is 426 g/mol. The third-order valence-corrected chi connectivity index (χ3v) is 5.63. The van der Waals surface area contributed by atoms with Crippen LogP contribution in [0.2, 0.25) is 0 Å². The van der Waals surface area contributed by atoms with Gasteiger partial charge in [0, 0.05) is 17.7 Å². The lowest BCUT2D eigenvalue weighted by Crippen LogP contribution is -2.30. The summed E-state index contributed by atoms with van der Waals surface area (Å²) in [7, 11) is 1.61. The van der Waals surface area contributed by atoms with Gasteiger partial charge in [0.05, 0.1) is 12.4 Å². The molecule has 0 saturated carbocycles. The molecule has 3 aromatic rings. The maximum atomic E-state index is 12.5. The van der Waals surface area contributed by atoms with Crippen LogP contribution in [0.4, 0.5) is 0 Å². The zero-order valence-electron chi connectivity index (χ0n) is 17.9. The van der Waals surface area contributed by atoms with E-state index in [1.54, 1.807) is 7.11 Å². The van der Waals surface area contributed by atoms with Crippen LogP contribution in [0, 0.1) is 0 Å². The number of methoxy groups -OCH3 is 1. The number of rotatable bonds is 7. The van der Waals surface area contributed by atoms with E-state index in [4.69, 9.17) is 9.15 Å². The van der Waals surface area contributed by atoms with Gasteiger partial charge in [-0.05, 0) is 36.1 Å². The zero-order valence-corrected chi connectivity index (χ0v) is 18.7. The number of hydrogen-bond acceptors (Lipinski definition) is 6. The molecule has 0 aliphatic rings. The number of hydrogen-bond donors (Lipinski definition) is 1. The third-order valence-electron chi connectivity index (χ3n) is 4.70. The second kappa shape index (κ2) is 9.34. The van der Waals surface area contributed by atoms with E-state index in [-0.39, 0.29) is 16.6 Å². The van der Waals surface area contributed by atoms with Crippen LogP contribution in [-0.2, 0) is 16.8 Å². The Kier molecular flexibility index (Phi) is 6.82. The monoisotopic (exact) mass is 425 g/mol. The van der Waals surface area contributed by atoms with Crippen LogP contribution in [-0.4, -0.2) is 28.5 Å². The Bertz CT molecular complexity index is 993. The molecule has 6 nitrogen and oxygen atoms in total. The van der Waals surface area contributed by atoms with Gasteiger partial charge < -0.3 is 14.5 Å². The molecule has 0 fully saturated rings. The van der Waals surface area contributed by atoms with Gasteiger partial charge in [0.1, 0.15) is 5.75 Å². The Hall–Kier alpha value is -2.80. The lowest BCUT2D eigenvalue weighted by atomic mass is 9.87. The summed E-state index contributed by atoms with van der Waals surface area (Å²) in [5.41, 5.74) is 3.10. The molecule has 0 aliphatic heterocycles. The minimum atomic E-state index is -0.378. The van der Waals surface area contributed by atoms with Crippen molar-refractivity contribution in [2.24, 2.45) is 0 Å². The van der Waals surface area contributed by atoms with Crippen LogP contribution in [0.5, 0.6) is 5.75 Å². The number of amides is 1. The van der Waals surface area contributed by atoms with Crippen molar-refractivity contribution < 1.29 is 13.9 Å². The summed E-state index contributed by atoms with van der Waals surface area (Å²) < 4.78 is 11.1. The van der Waals surface area contributed by atoms with Crippen LogP contribution in [0.15, 0.2) is 58.2 Å². The van der Waals surface area contributed by atoms with Crippen LogP contribution in [0.3, 0.4) is 0 Å². The van der Waals surface area contributed by atoms with Gasteiger partial charge in [0.25, 0.3) is 5.22 Å². The first-order valence-corrected chi connectivity index (χ1v) is 10.7. The van der Waals surface area contributed by atoms with Crippen LogP contribution in [0.1, 0.15) is 38.8 Å². The fraction of sp³-hybridized carbons (Fsp3) is 0.348. The van der Waals surface area contributed by atoms with Crippen molar-refractivity contribution in [3.8, 4) is 17.2 Å². The highest BCUT2D eigenvalue weighted by Crippen LogP contribution is 2.28. The van der Waals surface area contributed by atoms with E-state index in [2.05, 4.69) is 48.4 Å². The largest absolute Gasteiger partial charge is 0.496 e. The Labute approximate surface area is 181 Å². The maximum Gasteiger partial charge on any atom is 0.277 e. The van der Waals surface area contributed by atoms with Crippen molar-refractivity contribution in [1.29, 1.82) is 0 Å². The third kappa shape index (κ3) is 5.42. The Morgan fingerprint density at radius 3 is 2.50 bits per heavy atom.